The maximum atomic E-state index is 13.4. The van der Waals surface area contributed by atoms with E-state index in [1.165, 1.54) is 17.4 Å². The molecule has 5 heterocycles. The Morgan fingerprint density at radius 3 is 2.73 bits per heavy atom. The van der Waals surface area contributed by atoms with Crippen LogP contribution in [0, 0.1) is 6.92 Å². The van der Waals surface area contributed by atoms with Crippen LogP contribution in [0.5, 0.6) is 0 Å². The van der Waals surface area contributed by atoms with E-state index >= 15 is 0 Å². The first-order valence-corrected chi connectivity index (χ1v) is 11.6. The summed E-state index contributed by atoms with van der Waals surface area (Å²) >= 11 is 1.48. The Morgan fingerprint density at radius 2 is 2.00 bits per heavy atom. The fourth-order valence-electron chi connectivity index (χ4n) is 4.20. The number of hydrogen-bond donors (Lipinski definition) is 0. The number of rotatable bonds is 4. The second-order valence-electron chi connectivity index (χ2n) is 8.14. The molecular weight excluding hydrogens is 451 g/mol. The molecule has 4 aromatic rings. The summed E-state index contributed by atoms with van der Waals surface area (Å²) in [4.78, 5) is 13.2. The predicted octanol–water partition coefficient (Wildman–Crippen LogP) is 5.39. The molecule has 1 aliphatic rings. The fourth-order valence-corrected chi connectivity index (χ4v) is 4.86. The van der Waals surface area contributed by atoms with Gasteiger partial charge in [-0.2, -0.15) is 24.5 Å². The van der Waals surface area contributed by atoms with Gasteiger partial charge in [-0.15, -0.1) is 0 Å². The lowest BCUT2D eigenvalue weighted by Gasteiger charge is -2.24. The second-order valence-corrected chi connectivity index (χ2v) is 8.92. The molecule has 0 radical (unpaired) electrons. The second kappa shape index (κ2) is 8.75. The van der Waals surface area contributed by atoms with Crippen molar-refractivity contribution in [2.45, 2.75) is 26.1 Å². The quantitative estimate of drug-likeness (QED) is 0.396. The summed E-state index contributed by atoms with van der Waals surface area (Å²) in [5, 5.41) is 8.50. The Hall–Kier alpha value is -2.98. The van der Waals surface area contributed by atoms with E-state index in [0.29, 0.717) is 35.4 Å². The predicted molar refractivity (Wildman–Crippen MR) is 121 cm³/mol. The number of halogens is 3. The molecule has 0 aliphatic carbocycles. The van der Waals surface area contributed by atoms with Crippen molar-refractivity contribution in [3.05, 3.63) is 58.4 Å². The van der Waals surface area contributed by atoms with E-state index in [-0.39, 0.29) is 0 Å². The van der Waals surface area contributed by atoms with E-state index in [1.54, 1.807) is 6.20 Å². The number of pyridine rings is 2. The highest BCUT2D eigenvalue weighted by Crippen LogP contribution is 2.36. The topological polar surface area (TPSA) is 58.3 Å². The zero-order valence-electron chi connectivity index (χ0n) is 18.0. The summed E-state index contributed by atoms with van der Waals surface area (Å²) in [6.07, 6.45) is -1.96. The summed E-state index contributed by atoms with van der Waals surface area (Å²) < 4.78 is 45.4. The van der Waals surface area contributed by atoms with Crippen molar-refractivity contribution in [1.82, 2.24) is 20.0 Å². The molecule has 172 valence electrons. The van der Waals surface area contributed by atoms with Gasteiger partial charge in [0.15, 0.2) is 0 Å². The van der Waals surface area contributed by atoms with Crippen LogP contribution in [0.25, 0.3) is 22.0 Å². The molecule has 4 aromatic heterocycles. The minimum Gasteiger partial charge on any atom is -0.361 e. The molecule has 0 unspecified atom stereocenters. The lowest BCUT2D eigenvalue weighted by Crippen LogP contribution is -2.31. The van der Waals surface area contributed by atoms with E-state index in [0.717, 1.165) is 49.1 Å². The van der Waals surface area contributed by atoms with Gasteiger partial charge in [-0.1, -0.05) is 5.16 Å². The third kappa shape index (κ3) is 4.58. The van der Waals surface area contributed by atoms with Crippen LogP contribution in [0.4, 0.5) is 19.0 Å². The molecule has 5 rings (SSSR count). The van der Waals surface area contributed by atoms with Gasteiger partial charge in [0.25, 0.3) is 0 Å². The summed E-state index contributed by atoms with van der Waals surface area (Å²) in [5.41, 5.74) is 1.76. The van der Waals surface area contributed by atoms with Crippen molar-refractivity contribution in [1.29, 1.82) is 0 Å². The fraction of sp³-hybridized carbons (Fsp3) is 0.348. The maximum absolute atomic E-state index is 13.4. The molecule has 1 fully saturated rings. The van der Waals surface area contributed by atoms with Gasteiger partial charge in [-0.3, -0.25) is 4.90 Å². The average Bonchev–Trinajstić information content (AvgIpc) is 3.40. The highest BCUT2D eigenvalue weighted by atomic mass is 32.1. The van der Waals surface area contributed by atoms with Crippen LogP contribution in [-0.2, 0) is 12.7 Å². The summed E-state index contributed by atoms with van der Waals surface area (Å²) in [5.74, 6) is 1.46. The number of aromatic nitrogens is 3. The van der Waals surface area contributed by atoms with Crippen molar-refractivity contribution in [3.63, 3.8) is 0 Å². The maximum Gasteiger partial charge on any atom is 0.433 e. The SMILES string of the molecule is Cc1cc(CN2CCCN(c3ncc(-c4ccsc4)c4nc(C(F)(F)F)ccc34)CC2)no1. The lowest BCUT2D eigenvalue weighted by atomic mass is 10.1. The van der Waals surface area contributed by atoms with E-state index in [9.17, 15) is 13.2 Å². The molecule has 6 nitrogen and oxygen atoms in total. The molecule has 1 saturated heterocycles. The van der Waals surface area contributed by atoms with Crippen LogP contribution in [0.2, 0.25) is 0 Å². The van der Waals surface area contributed by atoms with Crippen LogP contribution in [0.1, 0.15) is 23.6 Å². The van der Waals surface area contributed by atoms with Gasteiger partial charge < -0.3 is 9.42 Å². The van der Waals surface area contributed by atoms with Crippen molar-refractivity contribution in [2.24, 2.45) is 0 Å². The van der Waals surface area contributed by atoms with E-state index in [1.807, 2.05) is 29.8 Å². The molecule has 0 N–H and O–H groups in total. The highest BCUT2D eigenvalue weighted by Gasteiger charge is 2.33. The Kier molecular flexibility index (Phi) is 5.79. The van der Waals surface area contributed by atoms with Crippen LogP contribution >= 0.6 is 11.3 Å². The number of fused-ring (bicyclic) bond motifs is 1. The van der Waals surface area contributed by atoms with Gasteiger partial charge in [0.05, 0.1) is 11.2 Å². The largest absolute Gasteiger partial charge is 0.433 e. The monoisotopic (exact) mass is 473 g/mol. The highest BCUT2D eigenvalue weighted by molar-refractivity contribution is 7.08. The minimum absolute atomic E-state index is 0.326. The molecule has 0 amide bonds. The Morgan fingerprint density at radius 1 is 1.12 bits per heavy atom. The third-order valence-electron chi connectivity index (χ3n) is 5.78. The molecule has 10 heteroatoms. The van der Waals surface area contributed by atoms with Gasteiger partial charge in [-0.05, 0) is 47.9 Å². The first kappa shape index (κ1) is 21.8. The van der Waals surface area contributed by atoms with Gasteiger partial charge in [-0.25, -0.2) is 9.97 Å². The van der Waals surface area contributed by atoms with Crippen molar-refractivity contribution in [2.75, 3.05) is 31.1 Å². The smallest absolute Gasteiger partial charge is 0.361 e. The van der Waals surface area contributed by atoms with Crippen molar-refractivity contribution < 1.29 is 17.7 Å². The van der Waals surface area contributed by atoms with Gasteiger partial charge in [0.2, 0.25) is 0 Å². The van der Waals surface area contributed by atoms with Gasteiger partial charge in [0, 0.05) is 55.9 Å². The average molecular weight is 474 g/mol. The molecular formula is C23H22F3N5OS. The molecule has 0 aromatic carbocycles. The van der Waals surface area contributed by atoms with E-state index in [4.69, 9.17) is 9.51 Å². The molecule has 0 spiro atoms. The Balaban J connectivity index is 1.47. The van der Waals surface area contributed by atoms with Crippen LogP contribution in [0.3, 0.4) is 0 Å². The molecule has 0 atom stereocenters. The Labute approximate surface area is 192 Å². The summed E-state index contributed by atoms with van der Waals surface area (Å²) in [6, 6.07) is 6.36. The zero-order valence-corrected chi connectivity index (χ0v) is 18.8. The molecule has 1 aliphatic heterocycles. The first-order valence-electron chi connectivity index (χ1n) is 10.7. The number of anilines is 1. The molecule has 0 saturated carbocycles. The number of nitrogens with zero attached hydrogens (tertiary/aromatic N) is 5. The third-order valence-corrected chi connectivity index (χ3v) is 6.46. The van der Waals surface area contributed by atoms with Crippen LogP contribution < -0.4 is 4.90 Å². The van der Waals surface area contributed by atoms with E-state index < -0.39 is 11.9 Å². The number of aryl methyl sites for hydroxylation is 1. The van der Waals surface area contributed by atoms with Crippen LogP contribution in [-0.4, -0.2) is 46.2 Å². The molecule has 33 heavy (non-hydrogen) atoms. The van der Waals surface area contributed by atoms with E-state index in [2.05, 4.69) is 19.9 Å². The zero-order chi connectivity index (χ0) is 23.0. The van der Waals surface area contributed by atoms with Crippen molar-refractivity contribution in [3.8, 4) is 11.1 Å². The van der Waals surface area contributed by atoms with Gasteiger partial charge >= 0.3 is 6.18 Å². The lowest BCUT2D eigenvalue weighted by molar-refractivity contribution is -0.140. The number of alkyl halides is 3. The number of hydrogen-bond acceptors (Lipinski definition) is 7. The normalized spacial score (nSPS) is 15.8. The number of thiophene rings is 1. The Bertz CT molecular complexity index is 1250. The first-order chi connectivity index (χ1) is 15.9. The minimum atomic E-state index is -4.51. The van der Waals surface area contributed by atoms with Gasteiger partial charge in [0.1, 0.15) is 17.3 Å². The standard InChI is InChI=1S/C23H22F3N5OS/c1-15-11-17(29-32-15)13-30-6-2-7-31(9-8-30)22-18-3-4-20(23(24,25)26)28-21(18)19(12-27-22)16-5-10-33-14-16/h3-5,10-12,14H,2,6-9,13H2,1H3. The molecule has 0 bridgehead atoms. The van der Waals surface area contributed by atoms with Crippen LogP contribution in [0.15, 0.2) is 45.7 Å². The summed E-state index contributed by atoms with van der Waals surface area (Å²) in [7, 11) is 0. The van der Waals surface area contributed by atoms with Crippen molar-refractivity contribution >= 4 is 28.1 Å². The summed E-state index contributed by atoms with van der Waals surface area (Å²) in [6.45, 7) is 5.72.